The van der Waals surface area contributed by atoms with Crippen LogP contribution in [-0.4, -0.2) is 22.8 Å². The molecule has 0 bridgehead atoms. The van der Waals surface area contributed by atoms with E-state index in [0.717, 1.165) is 22.7 Å². The quantitative estimate of drug-likeness (QED) is 0.886. The highest BCUT2D eigenvalue weighted by atomic mass is 16.5. The number of anilines is 1. The van der Waals surface area contributed by atoms with Crippen LogP contribution < -0.4 is 4.90 Å². The minimum Gasteiger partial charge on any atom is -0.481 e. The minimum absolute atomic E-state index is 0.0940. The number of hydrogen-bond donors (Lipinski definition) is 1. The lowest BCUT2D eigenvalue weighted by molar-refractivity contribution is -0.136. The zero-order chi connectivity index (χ0) is 16.3. The van der Waals surface area contributed by atoms with Crippen LogP contribution in [0.15, 0.2) is 22.7 Å². The predicted molar refractivity (Wildman–Crippen MR) is 85.2 cm³/mol. The number of benzene rings is 1. The fraction of sp³-hybridized carbons (Fsp3) is 0.412. The lowest BCUT2D eigenvalue weighted by Crippen LogP contribution is -2.27. The summed E-state index contributed by atoms with van der Waals surface area (Å²) >= 11 is 0. The third kappa shape index (κ3) is 3.47. The molecule has 1 N–H and O–H groups in total. The van der Waals surface area contributed by atoms with Gasteiger partial charge in [-0.3, -0.25) is 4.79 Å². The number of aliphatic carboxylic acids is 1. The summed E-state index contributed by atoms with van der Waals surface area (Å²) in [5.74, 6) is -0.0165. The number of carboxylic acids is 1. The Morgan fingerprint density at radius 1 is 1.27 bits per heavy atom. The molecule has 5 heteroatoms. The van der Waals surface area contributed by atoms with Crippen molar-refractivity contribution < 1.29 is 14.4 Å². The number of rotatable bonds is 6. The first-order chi connectivity index (χ1) is 10.4. The van der Waals surface area contributed by atoms with Crippen molar-refractivity contribution in [1.82, 2.24) is 5.16 Å². The van der Waals surface area contributed by atoms with Crippen LogP contribution in [0.3, 0.4) is 0 Å². The fourth-order valence-electron chi connectivity index (χ4n) is 2.51. The van der Waals surface area contributed by atoms with Gasteiger partial charge >= 0.3 is 5.97 Å². The van der Waals surface area contributed by atoms with Gasteiger partial charge < -0.3 is 14.5 Å². The third-order valence-corrected chi connectivity index (χ3v) is 4.04. The first-order valence-electron chi connectivity index (χ1n) is 7.35. The molecule has 118 valence electrons. The molecule has 0 spiro atoms. The van der Waals surface area contributed by atoms with Gasteiger partial charge in [-0.25, -0.2) is 0 Å². The SMILES string of the molecule is Cc1cccc(N(CCC(=O)O)Cc2c(C)noc2C)c1C. The summed E-state index contributed by atoms with van der Waals surface area (Å²) < 4.78 is 5.22. The van der Waals surface area contributed by atoms with E-state index in [9.17, 15) is 4.79 Å². The molecule has 2 aromatic rings. The van der Waals surface area contributed by atoms with E-state index in [4.69, 9.17) is 9.63 Å². The zero-order valence-corrected chi connectivity index (χ0v) is 13.5. The van der Waals surface area contributed by atoms with Crippen molar-refractivity contribution in [2.45, 2.75) is 40.7 Å². The van der Waals surface area contributed by atoms with E-state index >= 15 is 0 Å². The molecule has 0 radical (unpaired) electrons. The predicted octanol–water partition coefficient (Wildman–Crippen LogP) is 3.39. The van der Waals surface area contributed by atoms with Crippen molar-refractivity contribution in [3.05, 3.63) is 46.3 Å². The molecule has 0 aliphatic carbocycles. The van der Waals surface area contributed by atoms with Gasteiger partial charge in [0.2, 0.25) is 0 Å². The summed E-state index contributed by atoms with van der Waals surface area (Å²) in [7, 11) is 0. The van der Waals surface area contributed by atoms with Crippen molar-refractivity contribution in [3.8, 4) is 0 Å². The largest absolute Gasteiger partial charge is 0.481 e. The van der Waals surface area contributed by atoms with E-state index in [0.29, 0.717) is 13.1 Å². The molecule has 0 atom stereocenters. The second kappa shape index (κ2) is 6.64. The number of aryl methyl sites for hydroxylation is 3. The highest BCUT2D eigenvalue weighted by Gasteiger charge is 2.17. The van der Waals surface area contributed by atoms with Crippen LogP contribution in [0.25, 0.3) is 0 Å². The average Bonchev–Trinajstić information content (AvgIpc) is 2.78. The lowest BCUT2D eigenvalue weighted by atomic mass is 10.1. The lowest BCUT2D eigenvalue weighted by Gasteiger charge is -2.26. The van der Waals surface area contributed by atoms with Gasteiger partial charge in [-0.2, -0.15) is 0 Å². The van der Waals surface area contributed by atoms with E-state index in [1.807, 2.05) is 26.0 Å². The summed E-state index contributed by atoms with van der Waals surface area (Å²) in [4.78, 5) is 13.1. The van der Waals surface area contributed by atoms with Gasteiger partial charge in [0.25, 0.3) is 0 Å². The molecule has 0 amide bonds. The van der Waals surface area contributed by atoms with Crippen molar-refractivity contribution in [1.29, 1.82) is 0 Å². The van der Waals surface area contributed by atoms with Gasteiger partial charge in [0.15, 0.2) is 0 Å². The molecule has 0 fully saturated rings. The van der Waals surface area contributed by atoms with Crippen LogP contribution in [0.1, 0.15) is 34.6 Å². The second-order valence-corrected chi connectivity index (χ2v) is 5.59. The Morgan fingerprint density at radius 2 is 2.00 bits per heavy atom. The summed E-state index contributed by atoms with van der Waals surface area (Å²) in [6.07, 6.45) is 0.0940. The maximum absolute atomic E-state index is 11.0. The van der Waals surface area contributed by atoms with Crippen LogP contribution in [0.2, 0.25) is 0 Å². The standard InChI is InChI=1S/C17H22N2O3/c1-11-6-5-7-16(12(11)2)19(9-8-17(20)21)10-15-13(3)18-22-14(15)4/h5-7H,8-10H2,1-4H3,(H,20,21). The fourth-order valence-corrected chi connectivity index (χ4v) is 2.51. The van der Waals surface area contributed by atoms with Crippen LogP contribution in [-0.2, 0) is 11.3 Å². The summed E-state index contributed by atoms with van der Waals surface area (Å²) in [5.41, 5.74) is 5.28. The highest BCUT2D eigenvalue weighted by molar-refractivity contribution is 5.68. The molecule has 0 unspecified atom stereocenters. The smallest absolute Gasteiger partial charge is 0.305 e. The van der Waals surface area contributed by atoms with E-state index in [2.05, 4.69) is 30.0 Å². The van der Waals surface area contributed by atoms with Crippen molar-refractivity contribution in [2.75, 3.05) is 11.4 Å². The molecule has 0 aliphatic heterocycles. The molecular formula is C17H22N2O3. The first kappa shape index (κ1) is 16.1. The normalized spacial score (nSPS) is 10.7. The van der Waals surface area contributed by atoms with Crippen molar-refractivity contribution in [3.63, 3.8) is 0 Å². The average molecular weight is 302 g/mol. The van der Waals surface area contributed by atoms with Gasteiger partial charge in [0.05, 0.1) is 12.1 Å². The Balaban J connectivity index is 2.34. The van der Waals surface area contributed by atoms with Gasteiger partial charge in [-0.15, -0.1) is 0 Å². The summed E-state index contributed by atoms with van der Waals surface area (Å²) in [5, 5.41) is 13.0. The highest BCUT2D eigenvalue weighted by Crippen LogP contribution is 2.26. The van der Waals surface area contributed by atoms with Gasteiger partial charge in [0.1, 0.15) is 5.76 Å². The molecule has 1 aromatic carbocycles. The molecule has 0 saturated heterocycles. The molecular weight excluding hydrogens is 280 g/mol. The number of carboxylic acid groups (broad SMARTS) is 1. The molecule has 0 saturated carbocycles. The Bertz CT molecular complexity index is 657. The number of aromatic nitrogens is 1. The summed E-state index contributed by atoms with van der Waals surface area (Å²) in [6, 6.07) is 6.09. The van der Waals surface area contributed by atoms with Gasteiger partial charge in [-0.1, -0.05) is 17.3 Å². The van der Waals surface area contributed by atoms with Crippen molar-refractivity contribution in [2.24, 2.45) is 0 Å². The Kier molecular flexibility index (Phi) is 4.85. The monoisotopic (exact) mass is 302 g/mol. The zero-order valence-electron chi connectivity index (χ0n) is 13.5. The third-order valence-electron chi connectivity index (χ3n) is 4.04. The van der Waals surface area contributed by atoms with E-state index in [-0.39, 0.29) is 6.42 Å². The first-order valence-corrected chi connectivity index (χ1v) is 7.35. The van der Waals surface area contributed by atoms with Crippen LogP contribution in [0.4, 0.5) is 5.69 Å². The molecule has 5 nitrogen and oxygen atoms in total. The molecule has 1 heterocycles. The van der Waals surface area contributed by atoms with Crippen LogP contribution in [0.5, 0.6) is 0 Å². The van der Waals surface area contributed by atoms with Gasteiger partial charge in [0, 0.05) is 24.3 Å². The minimum atomic E-state index is -0.797. The molecule has 22 heavy (non-hydrogen) atoms. The Morgan fingerprint density at radius 3 is 2.59 bits per heavy atom. The number of hydrogen-bond acceptors (Lipinski definition) is 4. The van der Waals surface area contributed by atoms with E-state index in [1.165, 1.54) is 11.1 Å². The topological polar surface area (TPSA) is 66.6 Å². The summed E-state index contributed by atoms with van der Waals surface area (Å²) in [6.45, 7) is 8.95. The maximum atomic E-state index is 11.0. The Hall–Kier alpha value is -2.30. The Labute approximate surface area is 130 Å². The van der Waals surface area contributed by atoms with E-state index in [1.54, 1.807) is 0 Å². The number of nitrogens with zero attached hydrogens (tertiary/aromatic N) is 2. The van der Waals surface area contributed by atoms with Crippen LogP contribution in [0, 0.1) is 27.7 Å². The van der Waals surface area contributed by atoms with Gasteiger partial charge in [-0.05, 0) is 44.9 Å². The van der Waals surface area contributed by atoms with Crippen molar-refractivity contribution >= 4 is 11.7 Å². The maximum Gasteiger partial charge on any atom is 0.305 e. The molecule has 1 aromatic heterocycles. The molecule has 2 rings (SSSR count). The second-order valence-electron chi connectivity index (χ2n) is 5.59. The number of carbonyl (C=O) groups is 1. The van der Waals surface area contributed by atoms with E-state index < -0.39 is 5.97 Å². The molecule has 0 aliphatic rings. The van der Waals surface area contributed by atoms with Crippen LogP contribution >= 0.6 is 0 Å².